The van der Waals surface area contributed by atoms with E-state index in [1.807, 2.05) is 125 Å². The van der Waals surface area contributed by atoms with Gasteiger partial charge in [-0.1, -0.05) is 0 Å². The maximum Gasteiger partial charge on any atom is 0.0564 e. The third kappa shape index (κ3) is 16.9. The molecule has 0 rings (SSSR count). The van der Waals surface area contributed by atoms with E-state index in [9.17, 15) is 12.6 Å². The molecule has 0 aromatic carbocycles. The quantitative estimate of drug-likeness (QED) is 0.277. The van der Waals surface area contributed by atoms with Gasteiger partial charge in [0.1, 0.15) is 0 Å². The number of rotatable bonds is 0. The molecular formula is C34H79N3O3S3. The van der Waals surface area contributed by atoms with Crippen LogP contribution in [0.5, 0.6) is 0 Å². The molecule has 0 aliphatic carbocycles. The lowest BCUT2D eigenvalue weighted by atomic mass is 9.98. The molecule has 0 fully saturated rings. The summed E-state index contributed by atoms with van der Waals surface area (Å²) in [6.07, 6.45) is 0. The molecule has 0 aromatic heterocycles. The van der Waals surface area contributed by atoms with Gasteiger partial charge in [-0.05, 0) is 173 Å². The van der Waals surface area contributed by atoms with Crippen LogP contribution < -0.4 is 0 Å². The molecule has 1 N–H and O–H groups in total. The van der Waals surface area contributed by atoms with E-state index in [0.29, 0.717) is 0 Å². The van der Waals surface area contributed by atoms with E-state index in [-0.39, 0.29) is 30.1 Å². The van der Waals surface area contributed by atoms with E-state index in [1.165, 1.54) is 0 Å². The molecular weight excluding hydrogens is 595 g/mol. The van der Waals surface area contributed by atoms with Crippen molar-refractivity contribution in [1.29, 1.82) is 4.78 Å². The van der Waals surface area contributed by atoms with Crippen LogP contribution in [0, 0.1) is 4.78 Å². The first-order valence-electron chi connectivity index (χ1n) is 15.5. The van der Waals surface area contributed by atoms with Gasteiger partial charge in [0, 0.05) is 57.4 Å². The zero-order chi connectivity index (χ0) is 36.9. The van der Waals surface area contributed by atoms with Crippen molar-refractivity contribution < 1.29 is 12.6 Å². The number of nitrogens with zero attached hydrogens (tertiary/aromatic N) is 2. The monoisotopic (exact) mass is 674 g/mol. The van der Waals surface area contributed by atoms with Gasteiger partial charge in [0.25, 0.3) is 0 Å². The third-order valence-electron chi connectivity index (χ3n) is 6.77. The predicted octanol–water partition coefficient (Wildman–Crippen LogP) is 10.2. The van der Waals surface area contributed by atoms with Gasteiger partial charge in [-0.2, -0.15) is 0 Å². The van der Waals surface area contributed by atoms with E-state index in [2.05, 4.69) is 57.9 Å². The van der Waals surface area contributed by atoms with Crippen LogP contribution in [0.25, 0.3) is 0 Å². The lowest BCUT2D eigenvalue weighted by molar-refractivity contribution is 0.0700. The maximum absolute atomic E-state index is 12.4. The van der Waals surface area contributed by atoms with Crippen molar-refractivity contribution in [2.75, 3.05) is 14.1 Å². The Labute approximate surface area is 275 Å². The van der Waals surface area contributed by atoms with Gasteiger partial charge in [0.15, 0.2) is 0 Å². The highest BCUT2D eigenvalue weighted by Crippen LogP contribution is 2.31. The van der Waals surface area contributed by atoms with Crippen LogP contribution in [0.2, 0.25) is 0 Å². The molecule has 0 heterocycles. The number of nitrogens with one attached hydrogen (secondary N) is 1. The SMILES string of the molecule is CC(C)(C)S(=N)(=O)C(C)(C)C.CC(C)(C)S(=O)C(C)(C)C.CN(C(C)(C)C)C(C)(C)C.CN=S(=O)(C(C)(C)C)C(C)(C)C. The van der Waals surface area contributed by atoms with Crippen molar-refractivity contribution >= 4 is 30.3 Å². The minimum absolute atomic E-state index is 0.0851. The van der Waals surface area contributed by atoms with E-state index in [4.69, 9.17) is 4.78 Å². The second-order valence-corrected chi connectivity index (χ2v) is 29.5. The van der Waals surface area contributed by atoms with Crippen LogP contribution in [-0.4, -0.2) is 71.2 Å². The summed E-state index contributed by atoms with van der Waals surface area (Å²) in [5.41, 5.74) is 0.552. The van der Waals surface area contributed by atoms with E-state index in [0.717, 1.165) is 0 Å². The highest BCUT2D eigenvalue weighted by atomic mass is 32.2. The molecule has 0 spiro atoms. The molecule has 0 aliphatic rings. The van der Waals surface area contributed by atoms with E-state index >= 15 is 0 Å². The molecule has 9 heteroatoms. The van der Waals surface area contributed by atoms with Crippen molar-refractivity contribution in [2.45, 2.75) is 206 Å². The summed E-state index contributed by atoms with van der Waals surface area (Å²) in [7, 11) is -1.58. The number of hydrogen-bond acceptors (Lipinski definition) is 6. The van der Waals surface area contributed by atoms with Crippen LogP contribution in [0.4, 0.5) is 0 Å². The molecule has 0 atom stereocenters. The topological polar surface area (TPSA) is 90.7 Å². The molecule has 266 valence electrons. The van der Waals surface area contributed by atoms with Crippen LogP contribution >= 0.6 is 0 Å². The summed E-state index contributed by atoms with van der Waals surface area (Å²) in [6.45, 7) is 48.5. The molecule has 0 radical (unpaired) electrons. The lowest BCUT2D eigenvalue weighted by Gasteiger charge is -2.42. The Hall–Kier alpha value is 0.01000. The molecule has 0 aromatic rings. The highest BCUT2D eigenvalue weighted by molar-refractivity contribution is 7.96. The smallest absolute Gasteiger partial charge is 0.0564 e. The number of hydrogen-bond donors (Lipinski definition) is 1. The first kappa shape index (κ1) is 49.9. The standard InChI is InChI=1S/C9H21NOS.C9H21N.C8H19NOS.C8H18OS/c1-8(2,3)12(11,10-7)9(4,5)6;1-8(2,3)10(7)9(4,5)6;1-7(2,3)11(9,10)8(4,5)6;1-7(2,3)10(9)8(4,5)6/h1-7H3;1-7H3;9H,1-6H3;1-6H3. The second-order valence-electron chi connectivity index (χ2n) is 19.1. The van der Waals surface area contributed by atoms with Gasteiger partial charge in [0.2, 0.25) is 0 Å². The molecule has 6 nitrogen and oxygen atoms in total. The molecule has 0 unspecified atom stereocenters. The van der Waals surface area contributed by atoms with Gasteiger partial charge in [-0.3, -0.25) is 13.9 Å². The van der Waals surface area contributed by atoms with E-state index in [1.54, 1.807) is 7.05 Å². The van der Waals surface area contributed by atoms with Crippen LogP contribution in [-0.2, 0) is 30.3 Å². The minimum Gasteiger partial charge on any atom is -0.297 e. The van der Waals surface area contributed by atoms with Crippen LogP contribution in [0.3, 0.4) is 0 Å². The Morgan fingerprint density at radius 3 is 0.721 bits per heavy atom. The fraction of sp³-hybridized carbons (Fsp3) is 1.00. The average Bonchev–Trinajstić information content (AvgIpc) is 2.67. The van der Waals surface area contributed by atoms with Gasteiger partial charge in [-0.15, -0.1) is 0 Å². The first-order chi connectivity index (χ1) is 17.9. The molecule has 0 saturated carbocycles. The second kappa shape index (κ2) is 15.7. The predicted molar refractivity (Wildman–Crippen MR) is 201 cm³/mol. The summed E-state index contributed by atoms with van der Waals surface area (Å²) < 4.78 is 46.3. The Morgan fingerprint density at radius 1 is 0.512 bits per heavy atom. The first-order valence-corrected chi connectivity index (χ1v) is 19.7. The summed E-state index contributed by atoms with van der Waals surface area (Å²) in [5, 5.41) is 0. The molecule has 0 aliphatic heterocycles. The fourth-order valence-corrected chi connectivity index (χ4v) is 10.9. The summed E-state index contributed by atoms with van der Waals surface area (Å²) in [4.78, 5) is 2.38. The Balaban J connectivity index is -0.000000236. The summed E-state index contributed by atoms with van der Waals surface area (Å²) in [5.74, 6) is 0. The maximum atomic E-state index is 12.4. The molecule has 43 heavy (non-hydrogen) atoms. The molecule has 0 amide bonds. The minimum atomic E-state index is -2.51. The molecule has 0 saturated heterocycles. The Morgan fingerprint density at radius 2 is 0.721 bits per heavy atom. The zero-order valence-electron chi connectivity index (χ0n) is 33.8. The van der Waals surface area contributed by atoms with Crippen molar-refractivity contribution in [3.8, 4) is 0 Å². The lowest BCUT2D eigenvalue weighted by Crippen LogP contribution is -2.49. The van der Waals surface area contributed by atoms with Crippen molar-refractivity contribution in [1.82, 2.24) is 4.90 Å². The normalized spacial score (nSPS) is 14.6. The zero-order valence-corrected chi connectivity index (χ0v) is 36.3. The Kier molecular flexibility index (Phi) is 18.3. The Bertz CT molecular complexity index is 1000. The van der Waals surface area contributed by atoms with Crippen LogP contribution in [0.1, 0.15) is 166 Å². The van der Waals surface area contributed by atoms with Gasteiger partial charge >= 0.3 is 0 Å². The summed E-state index contributed by atoms with van der Waals surface area (Å²) >= 11 is 0. The summed E-state index contributed by atoms with van der Waals surface area (Å²) in [6, 6.07) is 0. The van der Waals surface area contributed by atoms with E-state index < -0.39 is 39.8 Å². The van der Waals surface area contributed by atoms with Gasteiger partial charge < -0.3 is 0 Å². The average molecular weight is 674 g/mol. The molecule has 0 bridgehead atoms. The van der Waals surface area contributed by atoms with Gasteiger partial charge in [-0.25, -0.2) is 12.8 Å². The fourth-order valence-electron chi connectivity index (χ4n) is 4.31. The van der Waals surface area contributed by atoms with Crippen molar-refractivity contribution in [3.05, 3.63) is 0 Å². The van der Waals surface area contributed by atoms with Crippen molar-refractivity contribution in [2.24, 2.45) is 4.36 Å². The largest absolute Gasteiger partial charge is 0.297 e. The van der Waals surface area contributed by atoms with Crippen LogP contribution in [0.15, 0.2) is 4.36 Å². The van der Waals surface area contributed by atoms with Gasteiger partial charge in [0.05, 0.1) is 19.5 Å². The van der Waals surface area contributed by atoms with Crippen molar-refractivity contribution in [3.63, 3.8) is 0 Å². The third-order valence-corrected chi connectivity index (χ3v) is 16.3. The highest BCUT2D eigenvalue weighted by Gasteiger charge is 2.37.